The third-order valence-corrected chi connectivity index (χ3v) is 5.19. The molecule has 0 aromatic heterocycles. The summed E-state index contributed by atoms with van der Waals surface area (Å²) in [4.78, 5) is 2.68. The first-order valence-electron chi connectivity index (χ1n) is 7.54. The number of fused-ring (bicyclic) bond motifs is 2. The number of piperidine rings is 1. The van der Waals surface area contributed by atoms with Crippen LogP contribution in [0.3, 0.4) is 0 Å². The van der Waals surface area contributed by atoms with Crippen molar-refractivity contribution >= 4 is 0 Å². The Bertz CT molecular complexity index is 488. The van der Waals surface area contributed by atoms with Crippen molar-refractivity contribution in [3.8, 4) is 11.5 Å². The number of phenolic OH excluding ortho intramolecular Hbond substituents is 1. The molecule has 0 spiro atoms. The van der Waals surface area contributed by atoms with Crippen LogP contribution in [0.4, 0.5) is 0 Å². The Hall–Kier alpha value is -1.22. The highest BCUT2D eigenvalue weighted by atomic mass is 16.5. The van der Waals surface area contributed by atoms with E-state index in [1.807, 2.05) is 6.07 Å². The van der Waals surface area contributed by atoms with Gasteiger partial charge in [-0.15, -0.1) is 0 Å². The minimum Gasteiger partial charge on any atom is -0.508 e. The third kappa shape index (κ3) is 1.83. The van der Waals surface area contributed by atoms with Gasteiger partial charge in [-0.05, 0) is 50.3 Å². The van der Waals surface area contributed by atoms with Crippen LogP contribution in [0.1, 0.15) is 43.7 Å². The van der Waals surface area contributed by atoms with E-state index in [-0.39, 0.29) is 0 Å². The molecule has 2 fully saturated rings. The minimum absolute atomic E-state index is 0.303. The van der Waals surface area contributed by atoms with Gasteiger partial charge in [-0.2, -0.15) is 0 Å². The summed E-state index contributed by atoms with van der Waals surface area (Å²) in [7, 11) is 0. The Morgan fingerprint density at radius 2 is 2.05 bits per heavy atom. The van der Waals surface area contributed by atoms with E-state index < -0.39 is 0 Å². The van der Waals surface area contributed by atoms with E-state index in [0.29, 0.717) is 11.8 Å². The van der Waals surface area contributed by atoms with Crippen molar-refractivity contribution in [1.29, 1.82) is 0 Å². The van der Waals surface area contributed by atoms with E-state index in [1.54, 1.807) is 12.1 Å². The van der Waals surface area contributed by atoms with Crippen molar-refractivity contribution in [3.05, 3.63) is 23.8 Å². The molecule has 3 atom stereocenters. The summed E-state index contributed by atoms with van der Waals surface area (Å²) in [6.07, 6.45) is 6.90. The van der Waals surface area contributed by atoms with Crippen LogP contribution in [0, 0.1) is 5.92 Å². The Kier molecular flexibility index (Phi) is 2.69. The number of likely N-dealkylation sites (tertiary alicyclic amines) is 1. The fourth-order valence-corrected chi connectivity index (χ4v) is 4.34. The van der Waals surface area contributed by atoms with Gasteiger partial charge < -0.3 is 9.84 Å². The molecule has 2 aliphatic heterocycles. The summed E-state index contributed by atoms with van der Waals surface area (Å²) < 4.78 is 5.79. The van der Waals surface area contributed by atoms with E-state index >= 15 is 0 Å². The van der Waals surface area contributed by atoms with E-state index in [1.165, 1.54) is 44.2 Å². The molecule has 0 amide bonds. The van der Waals surface area contributed by atoms with E-state index in [4.69, 9.17) is 4.74 Å². The van der Waals surface area contributed by atoms with Gasteiger partial charge in [0.05, 0.1) is 6.04 Å². The number of nitrogens with zero attached hydrogens (tertiary/aromatic N) is 1. The van der Waals surface area contributed by atoms with Crippen molar-refractivity contribution in [2.45, 2.75) is 44.2 Å². The first kappa shape index (κ1) is 11.6. The summed E-state index contributed by atoms with van der Waals surface area (Å²) in [6, 6.07) is 6.76. The molecule has 1 aliphatic carbocycles. The first-order chi connectivity index (χ1) is 9.33. The average molecular weight is 259 g/mol. The number of ether oxygens (including phenoxy) is 1. The minimum atomic E-state index is 0.303. The van der Waals surface area contributed by atoms with Crippen molar-refractivity contribution in [2.24, 2.45) is 5.92 Å². The van der Waals surface area contributed by atoms with Gasteiger partial charge in [0.25, 0.3) is 0 Å². The number of hydrogen-bond acceptors (Lipinski definition) is 3. The summed E-state index contributed by atoms with van der Waals surface area (Å²) in [5.74, 6) is 2.09. The second kappa shape index (κ2) is 4.41. The summed E-state index contributed by atoms with van der Waals surface area (Å²) in [5, 5.41) is 9.55. The van der Waals surface area contributed by atoms with Crippen LogP contribution in [0.5, 0.6) is 11.5 Å². The number of phenols is 1. The lowest BCUT2D eigenvalue weighted by molar-refractivity contribution is 0.0563. The zero-order valence-corrected chi connectivity index (χ0v) is 11.2. The lowest BCUT2D eigenvalue weighted by atomic mass is 9.89. The molecular formula is C16H21NO2. The molecule has 3 heteroatoms. The van der Waals surface area contributed by atoms with Gasteiger partial charge in [-0.1, -0.05) is 6.42 Å². The zero-order valence-electron chi connectivity index (χ0n) is 11.2. The Balaban J connectivity index is 1.64. The van der Waals surface area contributed by atoms with E-state index in [9.17, 15) is 5.11 Å². The van der Waals surface area contributed by atoms with Crippen LogP contribution in [-0.4, -0.2) is 29.2 Å². The van der Waals surface area contributed by atoms with Crippen molar-refractivity contribution < 1.29 is 9.84 Å². The molecular weight excluding hydrogens is 238 g/mol. The van der Waals surface area contributed by atoms with Crippen LogP contribution in [0.25, 0.3) is 0 Å². The highest BCUT2D eigenvalue weighted by Crippen LogP contribution is 2.45. The number of aromatic hydroxyl groups is 1. The third-order valence-electron chi connectivity index (χ3n) is 5.19. The van der Waals surface area contributed by atoms with Gasteiger partial charge in [0.1, 0.15) is 18.1 Å². The van der Waals surface area contributed by atoms with Crippen LogP contribution in [0.15, 0.2) is 18.2 Å². The second-order valence-electron chi connectivity index (χ2n) is 6.19. The summed E-state index contributed by atoms with van der Waals surface area (Å²) in [6.45, 7) is 1.96. The topological polar surface area (TPSA) is 32.7 Å². The SMILES string of the molecule is Oc1ccc2c(c1)OCC2N1CCCC2CCCC21. The summed E-state index contributed by atoms with van der Waals surface area (Å²) >= 11 is 0. The average Bonchev–Trinajstić information content (AvgIpc) is 3.03. The van der Waals surface area contributed by atoms with E-state index in [0.717, 1.165) is 24.3 Å². The van der Waals surface area contributed by atoms with Gasteiger partial charge in [0.15, 0.2) is 0 Å². The highest BCUT2D eigenvalue weighted by Gasteiger charge is 2.41. The second-order valence-corrected chi connectivity index (χ2v) is 6.19. The quantitative estimate of drug-likeness (QED) is 0.841. The Morgan fingerprint density at radius 1 is 1.16 bits per heavy atom. The molecule has 4 rings (SSSR count). The predicted molar refractivity (Wildman–Crippen MR) is 73.4 cm³/mol. The largest absolute Gasteiger partial charge is 0.508 e. The highest BCUT2D eigenvalue weighted by molar-refractivity contribution is 5.44. The van der Waals surface area contributed by atoms with Crippen molar-refractivity contribution in [2.75, 3.05) is 13.2 Å². The lowest BCUT2D eigenvalue weighted by Crippen LogP contribution is -2.45. The molecule has 3 aliphatic rings. The van der Waals surface area contributed by atoms with Crippen LogP contribution >= 0.6 is 0 Å². The lowest BCUT2D eigenvalue weighted by Gasteiger charge is -2.41. The zero-order chi connectivity index (χ0) is 12.8. The number of rotatable bonds is 1. The van der Waals surface area contributed by atoms with Gasteiger partial charge in [0, 0.05) is 17.7 Å². The molecule has 1 aromatic carbocycles. The molecule has 0 radical (unpaired) electrons. The predicted octanol–water partition coefficient (Wildman–Crippen LogP) is 3.09. The van der Waals surface area contributed by atoms with Gasteiger partial charge >= 0.3 is 0 Å². The molecule has 1 aromatic rings. The molecule has 3 nitrogen and oxygen atoms in total. The number of benzene rings is 1. The molecule has 1 saturated carbocycles. The van der Waals surface area contributed by atoms with Gasteiger partial charge in [-0.25, -0.2) is 0 Å². The number of hydrogen-bond donors (Lipinski definition) is 1. The first-order valence-corrected chi connectivity index (χ1v) is 7.54. The molecule has 2 heterocycles. The van der Waals surface area contributed by atoms with Crippen molar-refractivity contribution in [1.82, 2.24) is 4.90 Å². The fourth-order valence-electron chi connectivity index (χ4n) is 4.34. The van der Waals surface area contributed by atoms with E-state index in [2.05, 4.69) is 4.90 Å². The molecule has 0 bridgehead atoms. The van der Waals surface area contributed by atoms with Crippen LogP contribution < -0.4 is 4.74 Å². The molecule has 1 N–H and O–H groups in total. The Morgan fingerprint density at radius 3 is 3.00 bits per heavy atom. The molecule has 102 valence electrons. The van der Waals surface area contributed by atoms with Crippen LogP contribution in [0.2, 0.25) is 0 Å². The molecule has 1 saturated heterocycles. The van der Waals surface area contributed by atoms with Crippen molar-refractivity contribution in [3.63, 3.8) is 0 Å². The van der Waals surface area contributed by atoms with Gasteiger partial charge in [0.2, 0.25) is 0 Å². The Labute approximate surface area is 114 Å². The maximum Gasteiger partial charge on any atom is 0.127 e. The maximum absolute atomic E-state index is 9.55. The molecule has 3 unspecified atom stereocenters. The molecule has 19 heavy (non-hydrogen) atoms. The standard InChI is InChI=1S/C16H21NO2/c18-12-6-7-13-15(10-19-16(13)9-12)17-8-2-4-11-3-1-5-14(11)17/h6-7,9,11,14-15,18H,1-5,8,10H2. The van der Waals surface area contributed by atoms with Crippen LogP contribution in [-0.2, 0) is 0 Å². The van der Waals surface area contributed by atoms with Gasteiger partial charge in [-0.3, -0.25) is 4.90 Å². The maximum atomic E-state index is 9.55. The smallest absolute Gasteiger partial charge is 0.127 e. The fraction of sp³-hybridized carbons (Fsp3) is 0.625. The monoisotopic (exact) mass is 259 g/mol. The summed E-state index contributed by atoms with van der Waals surface area (Å²) in [5.41, 5.74) is 1.27. The normalized spacial score (nSPS) is 33.8.